The SMILES string of the molecule is CC1CCc2c(sc(NC(=O)CC(c3ccccc3)c3ccccc3)c2C(N)=O)C1. The molecule has 154 valence electrons. The molecule has 1 heterocycles. The smallest absolute Gasteiger partial charge is 0.251 e. The Morgan fingerprint density at radius 2 is 1.67 bits per heavy atom. The van der Waals surface area contributed by atoms with Gasteiger partial charge in [-0.3, -0.25) is 9.59 Å². The van der Waals surface area contributed by atoms with Crippen LogP contribution in [0.4, 0.5) is 5.00 Å². The number of primary amides is 1. The third-order valence-electron chi connectivity index (χ3n) is 5.80. The molecular formula is C25H26N2O2S. The Morgan fingerprint density at radius 1 is 1.07 bits per heavy atom. The minimum Gasteiger partial charge on any atom is -0.365 e. The van der Waals surface area contributed by atoms with Gasteiger partial charge in [0.15, 0.2) is 0 Å². The lowest BCUT2D eigenvalue weighted by atomic mass is 9.88. The number of rotatable bonds is 6. The lowest BCUT2D eigenvalue weighted by molar-refractivity contribution is -0.116. The van der Waals surface area contributed by atoms with Crippen molar-refractivity contribution in [3.05, 3.63) is 87.8 Å². The van der Waals surface area contributed by atoms with Crippen LogP contribution < -0.4 is 11.1 Å². The molecule has 4 nitrogen and oxygen atoms in total. The molecule has 0 saturated carbocycles. The predicted molar refractivity (Wildman–Crippen MR) is 122 cm³/mol. The number of fused-ring (bicyclic) bond motifs is 1. The first kappa shape index (κ1) is 20.4. The molecule has 5 heteroatoms. The summed E-state index contributed by atoms with van der Waals surface area (Å²) >= 11 is 1.51. The zero-order chi connectivity index (χ0) is 21.1. The summed E-state index contributed by atoms with van der Waals surface area (Å²) in [5.74, 6) is -0.0399. The summed E-state index contributed by atoms with van der Waals surface area (Å²) in [6.45, 7) is 2.22. The molecule has 30 heavy (non-hydrogen) atoms. The number of carbonyl (C=O) groups excluding carboxylic acids is 2. The van der Waals surface area contributed by atoms with Gasteiger partial charge in [-0.25, -0.2) is 0 Å². The predicted octanol–water partition coefficient (Wildman–Crippen LogP) is 5.13. The maximum Gasteiger partial charge on any atom is 0.251 e. The van der Waals surface area contributed by atoms with Crippen LogP contribution in [-0.4, -0.2) is 11.8 Å². The van der Waals surface area contributed by atoms with Crippen LogP contribution in [0.5, 0.6) is 0 Å². The lowest BCUT2D eigenvalue weighted by Crippen LogP contribution is -2.20. The Bertz CT molecular complexity index is 1000. The van der Waals surface area contributed by atoms with Crippen LogP contribution in [0.1, 0.15) is 57.6 Å². The summed E-state index contributed by atoms with van der Waals surface area (Å²) in [4.78, 5) is 26.4. The number of carbonyl (C=O) groups is 2. The summed E-state index contributed by atoms with van der Waals surface area (Å²) in [7, 11) is 0. The monoisotopic (exact) mass is 418 g/mol. The summed E-state index contributed by atoms with van der Waals surface area (Å²) < 4.78 is 0. The number of thiophene rings is 1. The Hall–Kier alpha value is -2.92. The highest BCUT2D eigenvalue weighted by atomic mass is 32.1. The van der Waals surface area contributed by atoms with Crippen LogP contribution in [0.15, 0.2) is 60.7 Å². The molecule has 0 spiro atoms. The van der Waals surface area contributed by atoms with E-state index in [2.05, 4.69) is 12.2 Å². The second-order valence-corrected chi connectivity index (χ2v) is 9.15. The van der Waals surface area contributed by atoms with E-state index in [1.807, 2.05) is 60.7 Å². The van der Waals surface area contributed by atoms with Crippen molar-refractivity contribution in [1.82, 2.24) is 0 Å². The van der Waals surface area contributed by atoms with Gasteiger partial charge in [0.1, 0.15) is 5.00 Å². The molecule has 1 aliphatic carbocycles. The molecule has 3 aromatic rings. The van der Waals surface area contributed by atoms with Gasteiger partial charge in [-0.05, 0) is 41.9 Å². The number of amides is 2. The van der Waals surface area contributed by atoms with Crippen LogP contribution >= 0.6 is 11.3 Å². The van der Waals surface area contributed by atoms with Gasteiger partial charge in [0.25, 0.3) is 5.91 Å². The average Bonchev–Trinajstić information content (AvgIpc) is 3.10. The second kappa shape index (κ2) is 8.84. The normalized spacial score (nSPS) is 15.6. The molecule has 1 atom stereocenters. The molecule has 1 unspecified atom stereocenters. The number of nitrogens with one attached hydrogen (secondary N) is 1. The van der Waals surface area contributed by atoms with Crippen molar-refractivity contribution >= 4 is 28.2 Å². The Balaban J connectivity index is 1.60. The Kier molecular flexibility index (Phi) is 6.00. The lowest BCUT2D eigenvalue weighted by Gasteiger charge is -2.18. The Labute approximate surface area is 181 Å². The van der Waals surface area contributed by atoms with Crippen molar-refractivity contribution in [3.8, 4) is 0 Å². The number of anilines is 1. The largest absolute Gasteiger partial charge is 0.365 e. The first-order valence-electron chi connectivity index (χ1n) is 10.4. The maximum atomic E-state index is 13.1. The molecular weight excluding hydrogens is 392 g/mol. The summed E-state index contributed by atoms with van der Waals surface area (Å²) in [5, 5.41) is 3.62. The molecule has 0 aliphatic heterocycles. The van der Waals surface area contributed by atoms with Crippen molar-refractivity contribution in [2.75, 3.05) is 5.32 Å². The van der Waals surface area contributed by atoms with E-state index < -0.39 is 5.91 Å². The van der Waals surface area contributed by atoms with Crippen LogP contribution in [0.3, 0.4) is 0 Å². The van der Waals surface area contributed by atoms with Crippen molar-refractivity contribution in [2.45, 2.75) is 38.5 Å². The van der Waals surface area contributed by atoms with E-state index in [4.69, 9.17) is 5.73 Å². The van der Waals surface area contributed by atoms with Crippen molar-refractivity contribution in [2.24, 2.45) is 11.7 Å². The minimum atomic E-state index is -0.458. The van der Waals surface area contributed by atoms with Gasteiger partial charge in [-0.2, -0.15) is 0 Å². The van der Waals surface area contributed by atoms with Gasteiger partial charge in [0.2, 0.25) is 5.91 Å². The summed E-state index contributed by atoms with van der Waals surface area (Å²) in [6, 6.07) is 20.1. The fraction of sp³-hybridized carbons (Fsp3) is 0.280. The van der Waals surface area contributed by atoms with E-state index in [-0.39, 0.29) is 11.8 Å². The van der Waals surface area contributed by atoms with Crippen LogP contribution in [0.25, 0.3) is 0 Å². The van der Waals surface area contributed by atoms with E-state index in [1.54, 1.807) is 0 Å². The molecule has 0 bridgehead atoms. The highest BCUT2D eigenvalue weighted by molar-refractivity contribution is 7.17. The van der Waals surface area contributed by atoms with E-state index in [9.17, 15) is 9.59 Å². The van der Waals surface area contributed by atoms with Crippen molar-refractivity contribution in [1.29, 1.82) is 0 Å². The van der Waals surface area contributed by atoms with E-state index in [1.165, 1.54) is 16.2 Å². The van der Waals surface area contributed by atoms with Gasteiger partial charge in [0.05, 0.1) is 5.56 Å². The fourth-order valence-corrected chi connectivity index (χ4v) is 5.69. The maximum absolute atomic E-state index is 13.1. The first-order valence-corrected chi connectivity index (χ1v) is 11.2. The van der Waals surface area contributed by atoms with E-state index in [0.29, 0.717) is 22.9 Å². The van der Waals surface area contributed by atoms with Gasteiger partial charge in [-0.15, -0.1) is 11.3 Å². The zero-order valence-corrected chi connectivity index (χ0v) is 17.9. The van der Waals surface area contributed by atoms with Crippen LogP contribution in [0, 0.1) is 5.92 Å². The minimum absolute atomic E-state index is 0.0564. The zero-order valence-electron chi connectivity index (χ0n) is 17.1. The average molecular weight is 419 g/mol. The first-order chi connectivity index (χ1) is 14.5. The highest BCUT2D eigenvalue weighted by Gasteiger charge is 2.28. The summed E-state index contributed by atoms with van der Waals surface area (Å²) in [6.07, 6.45) is 3.12. The number of hydrogen-bond acceptors (Lipinski definition) is 3. The number of hydrogen-bond donors (Lipinski definition) is 2. The molecule has 0 saturated heterocycles. The van der Waals surface area contributed by atoms with Gasteiger partial charge in [0, 0.05) is 17.2 Å². The van der Waals surface area contributed by atoms with Crippen LogP contribution in [-0.2, 0) is 17.6 Å². The molecule has 2 amide bonds. The molecule has 0 radical (unpaired) electrons. The molecule has 4 rings (SSSR count). The molecule has 2 aromatic carbocycles. The van der Waals surface area contributed by atoms with Gasteiger partial charge in [-0.1, -0.05) is 67.6 Å². The van der Waals surface area contributed by atoms with Gasteiger partial charge < -0.3 is 11.1 Å². The topological polar surface area (TPSA) is 72.2 Å². The van der Waals surface area contributed by atoms with Crippen LogP contribution in [0.2, 0.25) is 0 Å². The standard InChI is InChI=1S/C25H26N2O2S/c1-16-12-13-19-21(14-16)30-25(23(19)24(26)29)27-22(28)15-20(17-8-4-2-5-9-17)18-10-6-3-7-11-18/h2-11,16,20H,12-15H2,1H3,(H2,26,29)(H,27,28). The number of nitrogens with two attached hydrogens (primary N) is 1. The fourth-order valence-electron chi connectivity index (χ4n) is 4.26. The van der Waals surface area contributed by atoms with Crippen molar-refractivity contribution in [3.63, 3.8) is 0 Å². The molecule has 1 aromatic heterocycles. The third-order valence-corrected chi connectivity index (χ3v) is 6.97. The van der Waals surface area contributed by atoms with E-state index in [0.717, 1.165) is 36.0 Å². The highest BCUT2D eigenvalue weighted by Crippen LogP contribution is 2.40. The van der Waals surface area contributed by atoms with Crippen molar-refractivity contribution < 1.29 is 9.59 Å². The molecule has 0 fully saturated rings. The third kappa shape index (κ3) is 4.31. The Morgan fingerprint density at radius 3 is 2.23 bits per heavy atom. The number of benzene rings is 2. The quantitative estimate of drug-likeness (QED) is 0.582. The van der Waals surface area contributed by atoms with Gasteiger partial charge >= 0.3 is 0 Å². The second-order valence-electron chi connectivity index (χ2n) is 8.05. The molecule has 1 aliphatic rings. The summed E-state index contributed by atoms with van der Waals surface area (Å²) in [5.41, 5.74) is 9.41. The molecule has 3 N–H and O–H groups in total. The van der Waals surface area contributed by atoms with E-state index >= 15 is 0 Å².